The van der Waals surface area contributed by atoms with Gasteiger partial charge in [0.1, 0.15) is 0 Å². The van der Waals surface area contributed by atoms with Crippen molar-refractivity contribution in [3.8, 4) is 0 Å². The minimum Gasteiger partial charge on any atom is -0.373 e. The Balaban J connectivity index is 2.20. The molecule has 4 heteroatoms. The van der Waals surface area contributed by atoms with Gasteiger partial charge >= 0.3 is 0 Å². The Morgan fingerprint density at radius 2 is 2.31 bits per heavy atom. The van der Waals surface area contributed by atoms with Gasteiger partial charge in [-0.3, -0.25) is 0 Å². The predicted molar refractivity (Wildman–Crippen MR) is 69.3 cm³/mol. The molecule has 0 aromatic carbocycles. The minimum absolute atomic E-state index is 0.0960. The number of hydrogen-bond acceptors (Lipinski definition) is 3. The topological polar surface area (TPSA) is 21.3 Å². The van der Waals surface area contributed by atoms with E-state index in [1.807, 2.05) is 13.1 Å². The lowest BCUT2D eigenvalue weighted by Crippen LogP contribution is -2.44. The summed E-state index contributed by atoms with van der Waals surface area (Å²) in [6.45, 7) is 3.06. The average molecular weight is 260 g/mol. The van der Waals surface area contributed by atoms with Crippen LogP contribution in [-0.2, 0) is 4.74 Å². The number of rotatable bonds is 3. The normalized spacial score (nSPS) is 27.9. The molecule has 2 heterocycles. The van der Waals surface area contributed by atoms with Crippen molar-refractivity contribution in [1.82, 2.24) is 5.32 Å². The first-order valence-corrected chi connectivity index (χ1v) is 6.91. The first kappa shape index (κ1) is 12.4. The van der Waals surface area contributed by atoms with Crippen molar-refractivity contribution in [2.75, 3.05) is 13.7 Å². The molecule has 1 aromatic rings. The lowest BCUT2D eigenvalue weighted by Gasteiger charge is -2.40. The molecule has 0 spiro atoms. The van der Waals surface area contributed by atoms with Crippen LogP contribution in [0.15, 0.2) is 12.1 Å². The summed E-state index contributed by atoms with van der Waals surface area (Å²) in [6, 6.07) is 4.29. The Labute approximate surface area is 106 Å². The van der Waals surface area contributed by atoms with Crippen LogP contribution in [0.5, 0.6) is 0 Å². The molecule has 0 aliphatic carbocycles. The summed E-state index contributed by atoms with van der Waals surface area (Å²) in [4.78, 5) is 1.26. The molecule has 90 valence electrons. The molecule has 2 nitrogen and oxygen atoms in total. The number of thiophene rings is 1. The maximum atomic E-state index is 6.00. The molecule has 2 unspecified atom stereocenters. The van der Waals surface area contributed by atoms with Gasteiger partial charge in [-0.1, -0.05) is 11.6 Å². The van der Waals surface area contributed by atoms with Crippen molar-refractivity contribution >= 4 is 22.9 Å². The van der Waals surface area contributed by atoms with E-state index in [0.29, 0.717) is 0 Å². The van der Waals surface area contributed by atoms with Gasteiger partial charge < -0.3 is 10.1 Å². The van der Waals surface area contributed by atoms with Crippen LogP contribution in [0, 0.1) is 0 Å². The van der Waals surface area contributed by atoms with E-state index in [-0.39, 0.29) is 11.6 Å². The summed E-state index contributed by atoms with van der Waals surface area (Å²) >= 11 is 7.63. The van der Waals surface area contributed by atoms with E-state index in [9.17, 15) is 0 Å². The fraction of sp³-hybridized carbons (Fsp3) is 0.667. The lowest BCUT2D eigenvalue weighted by atomic mass is 9.87. The molecule has 1 aliphatic rings. The van der Waals surface area contributed by atoms with E-state index in [0.717, 1.165) is 17.4 Å². The standard InChI is InChI=1S/C12H18ClNOS/c1-12(7-3-4-8-15-12)11(14-2)9-5-6-10(13)16-9/h5-6,11,14H,3-4,7-8H2,1-2H3. The highest BCUT2D eigenvalue weighted by Crippen LogP contribution is 2.39. The average Bonchev–Trinajstić information content (AvgIpc) is 2.66. The molecule has 1 aliphatic heterocycles. The Bertz CT molecular complexity index is 347. The summed E-state index contributed by atoms with van der Waals surface area (Å²) in [5.41, 5.74) is -0.0960. The van der Waals surface area contributed by atoms with Crippen LogP contribution in [-0.4, -0.2) is 19.3 Å². The van der Waals surface area contributed by atoms with Gasteiger partial charge in [-0.25, -0.2) is 0 Å². The van der Waals surface area contributed by atoms with Gasteiger partial charge in [0.15, 0.2) is 0 Å². The van der Waals surface area contributed by atoms with Gasteiger partial charge in [0, 0.05) is 11.5 Å². The molecule has 0 saturated carbocycles. The lowest BCUT2D eigenvalue weighted by molar-refractivity contribution is -0.0877. The third-order valence-corrected chi connectivity index (χ3v) is 4.57. The number of ether oxygens (including phenoxy) is 1. The van der Waals surface area contributed by atoms with Crippen molar-refractivity contribution < 1.29 is 4.74 Å². The molecule has 1 fully saturated rings. The Hall–Kier alpha value is -0.0900. The second kappa shape index (κ2) is 5.05. The van der Waals surface area contributed by atoms with Gasteiger partial charge in [-0.2, -0.15) is 0 Å². The first-order chi connectivity index (χ1) is 7.65. The number of likely N-dealkylation sites (N-methyl/N-ethyl adjacent to an activating group) is 1. The van der Waals surface area contributed by atoms with Crippen LogP contribution in [0.25, 0.3) is 0 Å². The SMILES string of the molecule is CNC(c1ccc(Cl)s1)C1(C)CCCCO1. The summed E-state index contributed by atoms with van der Waals surface area (Å²) in [5, 5.41) is 3.37. The molecule has 0 radical (unpaired) electrons. The molecule has 0 bridgehead atoms. The molecular formula is C12H18ClNOS. The summed E-state index contributed by atoms with van der Waals surface area (Å²) in [6.07, 6.45) is 3.53. The highest BCUT2D eigenvalue weighted by Gasteiger charge is 2.37. The maximum Gasteiger partial charge on any atom is 0.0931 e. The summed E-state index contributed by atoms with van der Waals surface area (Å²) < 4.78 is 6.83. The van der Waals surface area contributed by atoms with E-state index in [1.54, 1.807) is 11.3 Å². The molecule has 1 saturated heterocycles. The van der Waals surface area contributed by atoms with Crippen LogP contribution in [0.1, 0.15) is 37.1 Å². The van der Waals surface area contributed by atoms with Gasteiger partial charge in [-0.05, 0) is 45.4 Å². The van der Waals surface area contributed by atoms with E-state index < -0.39 is 0 Å². The quantitative estimate of drug-likeness (QED) is 0.895. The molecule has 1 N–H and O–H groups in total. The maximum absolute atomic E-state index is 6.00. The number of hydrogen-bond donors (Lipinski definition) is 1. The van der Waals surface area contributed by atoms with Crippen LogP contribution >= 0.6 is 22.9 Å². The van der Waals surface area contributed by atoms with Crippen molar-refractivity contribution in [2.45, 2.75) is 37.8 Å². The minimum atomic E-state index is -0.0960. The van der Waals surface area contributed by atoms with Gasteiger partial charge in [0.05, 0.1) is 16.0 Å². The molecule has 0 amide bonds. The van der Waals surface area contributed by atoms with Crippen molar-refractivity contribution in [1.29, 1.82) is 0 Å². The second-order valence-electron chi connectivity index (χ2n) is 4.48. The third kappa shape index (κ3) is 2.43. The van der Waals surface area contributed by atoms with Gasteiger partial charge in [0.2, 0.25) is 0 Å². The summed E-state index contributed by atoms with van der Waals surface area (Å²) in [7, 11) is 1.99. The Kier molecular flexibility index (Phi) is 3.90. The van der Waals surface area contributed by atoms with E-state index in [1.165, 1.54) is 17.7 Å². The van der Waals surface area contributed by atoms with Crippen molar-refractivity contribution in [3.05, 3.63) is 21.3 Å². The molecule has 2 rings (SSSR count). The monoisotopic (exact) mass is 259 g/mol. The highest BCUT2D eigenvalue weighted by atomic mass is 35.5. The fourth-order valence-electron chi connectivity index (χ4n) is 2.42. The van der Waals surface area contributed by atoms with Crippen LogP contribution in [0.4, 0.5) is 0 Å². The number of halogens is 1. The summed E-state index contributed by atoms with van der Waals surface area (Å²) in [5.74, 6) is 0. The van der Waals surface area contributed by atoms with Crippen LogP contribution < -0.4 is 5.32 Å². The highest BCUT2D eigenvalue weighted by molar-refractivity contribution is 7.16. The largest absolute Gasteiger partial charge is 0.373 e. The molecule has 16 heavy (non-hydrogen) atoms. The second-order valence-corrected chi connectivity index (χ2v) is 6.23. The van der Waals surface area contributed by atoms with E-state index >= 15 is 0 Å². The fourth-order valence-corrected chi connectivity index (χ4v) is 3.73. The van der Waals surface area contributed by atoms with Gasteiger partial charge in [-0.15, -0.1) is 11.3 Å². The van der Waals surface area contributed by atoms with Crippen LogP contribution in [0.2, 0.25) is 4.34 Å². The predicted octanol–water partition coefficient (Wildman–Crippen LogP) is 3.62. The third-order valence-electron chi connectivity index (χ3n) is 3.28. The smallest absolute Gasteiger partial charge is 0.0931 e. The van der Waals surface area contributed by atoms with Crippen LogP contribution in [0.3, 0.4) is 0 Å². The zero-order chi connectivity index (χ0) is 11.6. The van der Waals surface area contributed by atoms with E-state index in [4.69, 9.17) is 16.3 Å². The Morgan fingerprint density at radius 3 is 2.81 bits per heavy atom. The molecule has 2 atom stereocenters. The zero-order valence-electron chi connectivity index (χ0n) is 9.75. The van der Waals surface area contributed by atoms with Gasteiger partial charge in [0.25, 0.3) is 0 Å². The van der Waals surface area contributed by atoms with Crippen molar-refractivity contribution in [2.24, 2.45) is 0 Å². The van der Waals surface area contributed by atoms with E-state index in [2.05, 4.69) is 18.3 Å². The zero-order valence-corrected chi connectivity index (χ0v) is 11.3. The number of nitrogens with one attached hydrogen (secondary N) is 1. The molecule has 1 aromatic heterocycles. The molecular weight excluding hydrogens is 242 g/mol. The first-order valence-electron chi connectivity index (χ1n) is 5.72. The van der Waals surface area contributed by atoms with Crippen molar-refractivity contribution in [3.63, 3.8) is 0 Å². The Morgan fingerprint density at radius 1 is 1.50 bits per heavy atom.